The fraction of sp³-hybridized carbons (Fsp3) is 0.417. The van der Waals surface area contributed by atoms with Crippen molar-refractivity contribution in [2.24, 2.45) is 22.7 Å². The molecule has 0 saturated carbocycles. The van der Waals surface area contributed by atoms with E-state index in [0.29, 0.717) is 18.6 Å². The molecular formula is C36H40O8. The van der Waals surface area contributed by atoms with Gasteiger partial charge in [0.2, 0.25) is 5.78 Å². The maximum atomic E-state index is 14.3. The minimum atomic E-state index is -2.63. The van der Waals surface area contributed by atoms with E-state index >= 15 is 0 Å². The van der Waals surface area contributed by atoms with Crippen LogP contribution >= 0.6 is 0 Å². The molecule has 0 saturated heterocycles. The van der Waals surface area contributed by atoms with Crippen LogP contribution in [0.3, 0.4) is 0 Å². The SMILES string of the molecule is C=C(COC)Cc1ccc(-c2ccc(O)c3c2C[C@]2(C)C[C@]4(C)C(C(C)C)C(O)=C(C(C)=O)C(=O)[C@]4(O)C(O)=C2C3=O)cc1. The Morgan fingerprint density at radius 1 is 1.07 bits per heavy atom. The van der Waals surface area contributed by atoms with Gasteiger partial charge in [-0.1, -0.05) is 64.6 Å². The molecule has 232 valence electrons. The van der Waals surface area contributed by atoms with Crippen LogP contribution in [-0.2, 0) is 27.2 Å². The number of rotatable bonds is 7. The quantitative estimate of drug-likeness (QED) is 0.232. The summed E-state index contributed by atoms with van der Waals surface area (Å²) in [7, 11) is 1.62. The molecule has 3 aliphatic carbocycles. The summed E-state index contributed by atoms with van der Waals surface area (Å²) >= 11 is 0. The molecule has 2 aromatic rings. The summed E-state index contributed by atoms with van der Waals surface area (Å²) in [4.78, 5) is 40.7. The summed E-state index contributed by atoms with van der Waals surface area (Å²) in [5.74, 6) is -5.26. The van der Waals surface area contributed by atoms with Gasteiger partial charge in [-0.3, -0.25) is 14.4 Å². The molecule has 0 spiro atoms. The summed E-state index contributed by atoms with van der Waals surface area (Å²) in [6.07, 6.45) is 0.897. The highest BCUT2D eigenvalue weighted by Crippen LogP contribution is 2.65. The van der Waals surface area contributed by atoms with Crippen LogP contribution in [0.2, 0.25) is 0 Å². The molecule has 0 heterocycles. The lowest BCUT2D eigenvalue weighted by molar-refractivity contribution is -0.171. The van der Waals surface area contributed by atoms with Crippen LogP contribution < -0.4 is 0 Å². The standard InChI is InChI=1S/C36H40O8/c1-18(2)28-30(39)26(20(4)37)32(41)36(43)33(42)29-31(40)27-24(15-34(29,5)17-35(28,36)6)23(12-13-25(27)38)22-10-8-21(9-11-22)14-19(3)16-44-7/h8-13,18,28,38-39,42-43H,3,14-17H2,1-2,4-7H3/t28?,34-,35-,36+/m1/s1. The first-order chi connectivity index (χ1) is 20.5. The number of ketones is 3. The molecule has 2 aromatic carbocycles. The topological polar surface area (TPSA) is 141 Å². The summed E-state index contributed by atoms with van der Waals surface area (Å²) in [6, 6.07) is 11.0. The number of carbonyl (C=O) groups excluding carboxylic acids is 3. The molecule has 0 amide bonds. The number of phenols is 1. The van der Waals surface area contributed by atoms with Crippen molar-refractivity contribution in [1.29, 1.82) is 0 Å². The monoisotopic (exact) mass is 600 g/mol. The molecule has 44 heavy (non-hydrogen) atoms. The number of aromatic hydroxyl groups is 1. The zero-order valence-corrected chi connectivity index (χ0v) is 26.1. The molecule has 3 aliphatic rings. The average molecular weight is 601 g/mol. The second-order valence-corrected chi connectivity index (χ2v) is 13.5. The molecule has 0 fully saturated rings. The zero-order valence-electron chi connectivity index (χ0n) is 26.1. The van der Waals surface area contributed by atoms with E-state index in [-0.39, 0.29) is 35.6 Å². The van der Waals surface area contributed by atoms with E-state index in [1.165, 1.54) is 6.07 Å². The lowest BCUT2D eigenvalue weighted by atomic mass is 9.44. The Morgan fingerprint density at radius 2 is 1.70 bits per heavy atom. The van der Waals surface area contributed by atoms with E-state index < -0.39 is 56.8 Å². The van der Waals surface area contributed by atoms with Crippen molar-refractivity contribution >= 4 is 17.3 Å². The molecule has 0 radical (unpaired) electrons. The van der Waals surface area contributed by atoms with Crippen LogP contribution in [0.1, 0.15) is 62.5 Å². The van der Waals surface area contributed by atoms with Crippen molar-refractivity contribution in [1.82, 2.24) is 0 Å². The number of carbonyl (C=O) groups is 3. The molecule has 0 aromatic heterocycles. The van der Waals surface area contributed by atoms with Gasteiger partial charge in [-0.15, -0.1) is 0 Å². The Morgan fingerprint density at radius 3 is 2.27 bits per heavy atom. The Hall–Kier alpha value is -4.01. The number of aliphatic hydroxyl groups excluding tert-OH is 2. The number of Topliss-reactive ketones (excluding diaryl/α,β-unsaturated/α-hetero) is 3. The largest absolute Gasteiger partial charge is 0.511 e. The predicted molar refractivity (Wildman–Crippen MR) is 165 cm³/mol. The first-order valence-electron chi connectivity index (χ1n) is 14.8. The highest BCUT2D eigenvalue weighted by Gasteiger charge is 2.71. The molecule has 4 atom stereocenters. The number of phenolic OH excluding ortho intramolecular Hbond substituents is 1. The Kier molecular flexibility index (Phi) is 7.54. The molecular weight excluding hydrogens is 560 g/mol. The highest BCUT2D eigenvalue weighted by molar-refractivity contribution is 6.25. The van der Waals surface area contributed by atoms with Crippen LogP contribution in [0.15, 0.2) is 71.2 Å². The number of aliphatic hydroxyl groups is 3. The number of allylic oxidation sites excluding steroid dienone is 2. The van der Waals surface area contributed by atoms with Gasteiger partial charge in [0.05, 0.1) is 12.2 Å². The van der Waals surface area contributed by atoms with E-state index in [0.717, 1.165) is 29.2 Å². The summed E-state index contributed by atoms with van der Waals surface area (Å²) < 4.78 is 5.16. The van der Waals surface area contributed by atoms with E-state index in [1.54, 1.807) is 27.0 Å². The normalized spacial score (nSPS) is 28.1. The lowest BCUT2D eigenvalue weighted by Gasteiger charge is -2.59. The van der Waals surface area contributed by atoms with Crippen molar-refractivity contribution in [3.63, 3.8) is 0 Å². The third-order valence-corrected chi connectivity index (χ3v) is 9.96. The van der Waals surface area contributed by atoms with Crippen molar-refractivity contribution in [3.8, 4) is 16.9 Å². The van der Waals surface area contributed by atoms with Crippen LogP contribution in [0.25, 0.3) is 11.1 Å². The Bertz CT molecular complexity index is 1680. The van der Waals surface area contributed by atoms with Gasteiger partial charge in [0.25, 0.3) is 0 Å². The zero-order chi connectivity index (χ0) is 32.5. The number of methoxy groups -OCH3 is 1. The molecule has 1 unspecified atom stereocenters. The predicted octanol–water partition coefficient (Wildman–Crippen LogP) is 5.76. The van der Waals surface area contributed by atoms with E-state index in [2.05, 4.69) is 6.58 Å². The van der Waals surface area contributed by atoms with Crippen molar-refractivity contribution in [2.45, 2.75) is 59.5 Å². The van der Waals surface area contributed by atoms with Gasteiger partial charge >= 0.3 is 0 Å². The van der Waals surface area contributed by atoms with Crippen molar-refractivity contribution in [2.75, 3.05) is 13.7 Å². The molecule has 5 rings (SSSR count). The van der Waals surface area contributed by atoms with Crippen molar-refractivity contribution < 1.29 is 39.5 Å². The number of hydrogen-bond acceptors (Lipinski definition) is 8. The number of benzene rings is 2. The second-order valence-electron chi connectivity index (χ2n) is 13.5. The van der Waals surface area contributed by atoms with Crippen molar-refractivity contribution in [3.05, 3.63) is 87.9 Å². The van der Waals surface area contributed by atoms with E-state index in [4.69, 9.17) is 4.74 Å². The maximum absolute atomic E-state index is 14.3. The smallest absolute Gasteiger partial charge is 0.209 e. The minimum Gasteiger partial charge on any atom is -0.511 e. The van der Waals surface area contributed by atoms with Crippen LogP contribution in [0.4, 0.5) is 0 Å². The fourth-order valence-corrected chi connectivity index (χ4v) is 8.35. The summed E-state index contributed by atoms with van der Waals surface area (Å²) in [5.41, 5.74) is -1.79. The fourth-order valence-electron chi connectivity index (χ4n) is 8.35. The van der Waals surface area contributed by atoms with Gasteiger partial charge in [-0.05, 0) is 66.0 Å². The van der Waals surface area contributed by atoms with Crippen LogP contribution in [0, 0.1) is 22.7 Å². The molecule has 8 heteroatoms. The van der Waals surface area contributed by atoms with E-state index in [1.807, 2.05) is 38.1 Å². The lowest BCUT2D eigenvalue weighted by Crippen LogP contribution is -2.67. The Labute approximate surface area is 257 Å². The third-order valence-electron chi connectivity index (χ3n) is 9.96. The number of fused-ring (bicyclic) bond motifs is 3. The van der Waals surface area contributed by atoms with Gasteiger partial charge in [0.1, 0.15) is 22.8 Å². The first kappa shape index (κ1) is 31.4. The number of hydrogen-bond donors (Lipinski definition) is 4. The summed E-state index contributed by atoms with van der Waals surface area (Å²) in [6.45, 7) is 12.7. The Balaban J connectivity index is 1.69. The third kappa shape index (κ3) is 4.30. The second kappa shape index (κ2) is 10.6. The van der Waals surface area contributed by atoms with Gasteiger partial charge in [0.15, 0.2) is 17.2 Å². The van der Waals surface area contributed by atoms with Crippen LogP contribution in [-0.4, -0.2) is 57.1 Å². The molecule has 4 N–H and O–H groups in total. The van der Waals surface area contributed by atoms with E-state index in [9.17, 15) is 34.8 Å². The maximum Gasteiger partial charge on any atom is 0.209 e. The van der Waals surface area contributed by atoms with Crippen LogP contribution in [0.5, 0.6) is 5.75 Å². The van der Waals surface area contributed by atoms with Gasteiger partial charge in [0, 0.05) is 29.4 Å². The number of ether oxygens (including phenoxy) is 1. The highest BCUT2D eigenvalue weighted by atomic mass is 16.5. The minimum absolute atomic E-state index is 0.000116. The molecule has 8 nitrogen and oxygen atoms in total. The molecule has 0 bridgehead atoms. The molecule has 0 aliphatic heterocycles. The van der Waals surface area contributed by atoms with Gasteiger partial charge in [-0.2, -0.15) is 0 Å². The average Bonchev–Trinajstić information content (AvgIpc) is 2.91. The first-order valence-corrected chi connectivity index (χ1v) is 14.8. The van der Waals surface area contributed by atoms with Gasteiger partial charge < -0.3 is 25.2 Å². The van der Waals surface area contributed by atoms with Gasteiger partial charge in [-0.25, -0.2) is 0 Å². The summed E-state index contributed by atoms with van der Waals surface area (Å²) in [5, 5.41) is 46.3.